The van der Waals surface area contributed by atoms with E-state index in [-0.39, 0.29) is 12.6 Å². The summed E-state index contributed by atoms with van der Waals surface area (Å²) >= 11 is 6.22. The molecular formula is C22H19ClO4. The first kappa shape index (κ1) is 17.8. The molecule has 1 aliphatic rings. The molecule has 1 aliphatic carbocycles. The van der Waals surface area contributed by atoms with Crippen molar-refractivity contribution in [2.24, 2.45) is 0 Å². The van der Waals surface area contributed by atoms with Gasteiger partial charge in [0, 0.05) is 22.0 Å². The summed E-state index contributed by atoms with van der Waals surface area (Å²) < 4.78 is 10.9. The minimum Gasteiger partial charge on any atom is -0.460 e. The molecule has 1 fully saturated rings. The van der Waals surface area contributed by atoms with Crippen LogP contribution in [0.1, 0.15) is 36.0 Å². The maximum absolute atomic E-state index is 12.9. The van der Waals surface area contributed by atoms with Crippen LogP contribution >= 0.6 is 11.6 Å². The van der Waals surface area contributed by atoms with Crippen molar-refractivity contribution in [3.63, 3.8) is 0 Å². The second-order valence-electron chi connectivity index (χ2n) is 7.07. The van der Waals surface area contributed by atoms with Crippen molar-refractivity contribution in [2.45, 2.75) is 38.2 Å². The van der Waals surface area contributed by atoms with Gasteiger partial charge in [0.2, 0.25) is 0 Å². The van der Waals surface area contributed by atoms with Gasteiger partial charge in [-0.25, -0.2) is 4.79 Å². The zero-order valence-electron chi connectivity index (χ0n) is 15.0. The number of esters is 1. The van der Waals surface area contributed by atoms with Crippen molar-refractivity contribution in [3.05, 3.63) is 80.7 Å². The topological polar surface area (TPSA) is 56.5 Å². The van der Waals surface area contributed by atoms with E-state index in [9.17, 15) is 9.59 Å². The molecule has 3 aromatic rings. The SMILES string of the molecule is Cc1cc2oc(=O)cc(COC(=O)C3(c4ccccc4)CCC3)c2cc1Cl. The molecule has 0 unspecified atom stereocenters. The molecule has 5 heteroatoms. The zero-order chi connectivity index (χ0) is 19.0. The Morgan fingerprint density at radius 1 is 1.19 bits per heavy atom. The van der Waals surface area contributed by atoms with Gasteiger partial charge in [-0.15, -0.1) is 0 Å². The fourth-order valence-electron chi connectivity index (χ4n) is 3.65. The van der Waals surface area contributed by atoms with Gasteiger partial charge in [-0.05, 0) is 43.0 Å². The van der Waals surface area contributed by atoms with Crippen LogP contribution in [-0.4, -0.2) is 5.97 Å². The lowest BCUT2D eigenvalue weighted by atomic mass is 9.64. The fraction of sp³-hybridized carbons (Fsp3) is 0.273. The Hall–Kier alpha value is -2.59. The summed E-state index contributed by atoms with van der Waals surface area (Å²) in [7, 11) is 0. The Morgan fingerprint density at radius 2 is 1.93 bits per heavy atom. The van der Waals surface area contributed by atoms with Crippen molar-refractivity contribution < 1.29 is 13.9 Å². The third-order valence-corrected chi connectivity index (χ3v) is 5.80. The Morgan fingerprint density at radius 3 is 2.59 bits per heavy atom. The standard InChI is InChI=1S/C22H19ClO4/c1-14-10-19-17(12-18(14)23)15(11-20(24)27-19)13-26-21(25)22(8-5-9-22)16-6-3-2-4-7-16/h2-4,6-7,10-12H,5,8-9,13H2,1H3. The monoisotopic (exact) mass is 382 g/mol. The first-order valence-corrected chi connectivity index (χ1v) is 9.33. The smallest absolute Gasteiger partial charge is 0.336 e. The minimum atomic E-state index is -0.579. The number of carbonyl (C=O) groups excluding carboxylic acids is 1. The zero-order valence-corrected chi connectivity index (χ0v) is 15.7. The molecule has 0 bridgehead atoms. The maximum atomic E-state index is 12.9. The number of benzene rings is 2. The number of aryl methyl sites for hydroxylation is 1. The molecular weight excluding hydrogens is 364 g/mol. The van der Waals surface area contributed by atoms with E-state index in [2.05, 4.69) is 0 Å². The highest BCUT2D eigenvalue weighted by molar-refractivity contribution is 6.32. The van der Waals surface area contributed by atoms with E-state index in [4.69, 9.17) is 20.8 Å². The van der Waals surface area contributed by atoms with Gasteiger partial charge in [0.25, 0.3) is 0 Å². The van der Waals surface area contributed by atoms with Gasteiger partial charge >= 0.3 is 11.6 Å². The van der Waals surface area contributed by atoms with Gasteiger partial charge in [0.1, 0.15) is 12.2 Å². The highest BCUT2D eigenvalue weighted by Crippen LogP contribution is 2.44. The lowest BCUT2D eigenvalue weighted by Gasteiger charge is -2.39. The number of rotatable bonds is 4. The van der Waals surface area contributed by atoms with Crippen molar-refractivity contribution in [1.29, 1.82) is 0 Å². The third-order valence-electron chi connectivity index (χ3n) is 5.39. The average molecular weight is 383 g/mol. The van der Waals surface area contributed by atoms with E-state index >= 15 is 0 Å². The van der Waals surface area contributed by atoms with Gasteiger partial charge in [-0.2, -0.15) is 0 Å². The predicted octanol–water partition coefficient (Wildman–Crippen LogP) is 4.92. The normalized spacial score (nSPS) is 15.3. The largest absolute Gasteiger partial charge is 0.460 e. The lowest BCUT2D eigenvalue weighted by molar-refractivity contribution is -0.155. The van der Waals surface area contributed by atoms with Crippen molar-refractivity contribution >= 4 is 28.5 Å². The summed E-state index contributed by atoms with van der Waals surface area (Å²) in [5.74, 6) is -0.250. The van der Waals surface area contributed by atoms with Crippen molar-refractivity contribution in [2.75, 3.05) is 0 Å². The van der Waals surface area contributed by atoms with Gasteiger partial charge in [-0.1, -0.05) is 48.4 Å². The number of carbonyl (C=O) groups is 1. The molecule has 0 saturated heterocycles. The summed E-state index contributed by atoms with van der Waals surface area (Å²) in [4.78, 5) is 24.8. The minimum absolute atomic E-state index is 0.00884. The number of hydrogen-bond acceptors (Lipinski definition) is 4. The summed E-state index contributed by atoms with van der Waals surface area (Å²) in [6.07, 6.45) is 2.55. The molecule has 4 rings (SSSR count). The Kier molecular flexibility index (Phi) is 4.52. The number of halogens is 1. The second-order valence-corrected chi connectivity index (χ2v) is 7.47. The molecule has 1 saturated carbocycles. The molecule has 138 valence electrons. The van der Waals surface area contributed by atoms with E-state index in [0.29, 0.717) is 21.6 Å². The van der Waals surface area contributed by atoms with Crippen LogP contribution in [0.5, 0.6) is 0 Å². The van der Waals surface area contributed by atoms with E-state index in [1.54, 1.807) is 12.1 Å². The Labute approximate surface area is 161 Å². The van der Waals surface area contributed by atoms with Gasteiger partial charge in [0.05, 0.1) is 5.41 Å². The average Bonchev–Trinajstić information content (AvgIpc) is 2.61. The maximum Gasteiger partial charge on any atom is 0.336 e. The van der Waals surface area contributed by atoms with Crippen molar-refractivity contribution in [1.82, 2.24) is 0 Å². The summed E-state index contributed by atoms with van der Waals surface area (Å²) in [5.41, 5.74) is 1.79. The molecule has 0 aliphatic heterocycles. The van der Waals surface area contributed by atoms with Crippen LogP contribution in [0, 0.1) is 6.92 Å². The molecule has 1 heterocycles. The molecule has 1 aromatic heterocycles. The van der Waals surface area contributed by atoms with Crippen LogP contribution in [-0.2, 0) is 21.6 Å². The van der Waals surface area contributed by atoms with Gasteiger partial charge in [0.15, 0.2) is 0 Å². The molecule has 0 spiro atoms. The molecule has 27 heavy (non-hydrogen) atoms. The molecule has 0 radical (unpaired) electrons. The lowest BCUT2D eigenvalue weighted by Crippen LogP contribution is -2.43. The number of hydrogen-bond donors (Lipinski definition) is 0. The summed E-state index contributed by atoms with van der Waals surface area (Å²) in [5, 5.41) is 1.25. The van der Waals surface area contributed by atoms with E-state index < -0.39 is 11.0 Å². The van der Waals surface area contributed by atoms with Crippen LogP contribution in [0.25, 0.3) is 11.0 Å². The van der Waals surface area contributed by atoms with Crippen LogP contribution in [0.15, 0.2) is 57.7 Å². The Bertz CT molecular complexity index is 1060. The Balaban J connectivity index is 1.63. The molecule has 0 atom stereocenters. The van der Waals surface area contributed by atoms with E-state index in [0.717, 1.165) is 30.4 Å². The first-order valence-electron chi connectivity index (χ1n) is 8.95. The first-order chi connectivity index (χ1) is 13.0. The highest BCUT2D eigenvalue weighted by atomic mass is 35.5. The molecule has 0 amide bonds. The summed E-state index contributed by atoms with van der Waals surface area (Å²) in [6, 6.07) is 14.6. The van der Waals surface area contributed by atoms with Crippen molar-refractivity contribution in [3.8, 4) is 0 Å². The molecule has 2 aromatic carbocycles. The van der Waals surface area contributed by atoms with Gasteiger partial charge in [-0.3, -0.25) is 4.79 Å². The predicted molar refractivity (Wildman–Crippen MR) is 104 cm³/mol. The van der Waals surface area contributed by atoms with Crippen LogP contribution in [0.2, 0.25) is 5.02 Å². The van der Waals surface area contributed by atoms with Gasteiger partial charge < -0.3 is 9.15 Å². The summed E-state index contributed by atoms with van der Waals surface area (Å²) in [6.45, 7) is 1.85. The highest BCUT2D eigenvalue weighted by Gasteiger charge is 2.47. The van der Waals surface area contributed by atoms with E-state index in [1.165, 1.54) is 6.07 Å². The second kappa shape index (κ2) is 6.86. The number of fused-ring (bicyclic) bond motifs is 1. The van der Waals surface area contributed by atoms with E-state index in [1.807, 2.05) is 37.3 Å². The van der Waals surface area contributed by atoms with Crippen LogP contribution in [0.3, 0.4) is 0 Å². The van der Waals surface area contributed by atoms with Crippen LogP contribution < -0.4 is 5.63 Å². The third kappa shape index (κ3) is 3.15. The number of ether oxygens (including phenoxy) is 1. The quantitative estimate of drug-likeness (QED) is 0.474. The van der Waals surface area contributed by atoms with Crippen LogP contribution in [0.4, 0.5) is 0 Å². The molecule has 4 nitrogen and oxygen atoms in total. The molecule has 0 N–H and O–H groups in total. The fourth-order valence-corrected chi connectivity index (χ4v) is 3.81.